The molecule has 0 bridgehead atoms. The third-order valence-electron chi connectivity index (χ3n) is 10.2. The number of fused-ring (bicyclic) bond motifs is 5. The van der Waals surface area contributed by atoms with Gasteiger partial charge in [0.25, 0.3) is 11.8 Å². The molecule has 2 aromatic heterocycles. The van der Waals surface area contributed by atoms with Gasteiger partial charge in [-0.1, -0.05) is 56.0 Å². The Morgan fingerprint density at radius 1 is 0.808 bits per heavy atom. The molecule has 1 atom stereocenters. The predicted molar refractivity (Wildman–Crippen MR) is 200 cm³/mol. The second-order valence-electron chi connectivity index (χ2n) is 14.4. The van der Waals surface area contributed by atoms with Crippen molar-refractivity contribution < 1.29 is 27.8 Å². The van der Waals surface area contributed by atoms with Crippen molar-refractivity contribution in [1.29, 1.82) is 0 Å². The van der Waals surface area contributed by atoms with Crippen LogP contribution in [0.3, 0.4) is 0 Å². The van der Waals surface area contributed by atoms with E-state index in [4.69, 9.17) is 14.5 Å². The van der Waals surface area contributed by atoms with Gasteiger partial charge in [0, 0.05) is 46.6 Å². The van der Waals surface area contributed by atoms with E-state index in [1.54, 1.807) is 38.5 Å². The van der Waals surface area contributed by atoms with Crippen LogP contribution in [-0.4, -0.2) is 55.1 Å². The molecule has 0 radical (unpaired) electrons. The summed E-state index contributed by atoms with van der Waals surface area (Å²) in [4.78, 5) is 33.5. The maximum atomic E-state index is 14.6. The molecule has 262 valence electrons. The van der Waals surface area contributed by atoms with Gasteiger partial charge in [0.15, 0.2) is 11.5 Å². The van der Waals surface area contributed by atoms with Crippen LogP contribution in [0.15, 0.2) is 91.0 Å². The first kappa shape index (κ1) is 33.5. The van der Waals surface area contributed by atoms with Crippen LogP contribution < -0.4 is 14.8 Å². The molecule has 2 aliphatic heterocycles. The molecule has 6 aromatic rings. The fraction of sp³-hybridized carbons (Fsp3) is 0.214. The normalized spacial score (nSPS) is 15.1. The molecular weight excluding hydrogens is 677 g/mol. The number of imide groups is 1. The van der Waals surface area contributed by atoms with Gasteiger partial charge < -0.3 is 14.0 Å². The number of pyridine rings is 1. The standard InChI is InChI=1S/C42H37F2N3O4Si/c1-50-35-15-14-24(21-36(35)51-2)37-38-26(20-33(45-40(38)52(3,4)5)25-18-27(43)22-28(44)19-25)23-47-34-13-9-8-10-29(34)30(39(37)47)16-17-46-41(48)31-11-6-7-12-32(31)42(46)49/h6-15,18-22,37H,16-17,23H2,1-5H3. The third kappa shape index (κ3) is 5.40. The van der Waals surface area contributed by atoms with Gasteiger partial charge in [0.05, 0.1) is 37.0 Å². The molecule has 0 spiro atoms. The summed E-state index contributed by atoms with van der Waals surface area (Å²) in [5, 5.41) is 1.97. The molecule has 8 rings (SSSR count). The number of carbonyl (C=O) groups is 2. The van der Waals surface area contributed by atoms with Crippen molar-refractivity contribution >= 4 is 36.1 Å². The number of aromatic nitrogens is 2. The van der Waals surface area contributed by atoms with E-state index < -0.39 is 19.7 Å². The lowest BCUT2D eigenvalue weighted by molar-refractivity contribution is 0.0656. The minimum absolute atomic E-state index is 0.210. The highest BCUT2D eigenvalue weighted by molar-refractivity contribution is 6.88. The van der Waals surface area contributed by atoms with Crippen molar-refractivity contribution in [3.8, 4) is 22.8 Å². The number of nitrogens with zero attached hydrogens (tertiary/aromatic N) is 3. The number of rotatable bonds is 8. The number of halogens is 2. The van der Waals surface area contributed by atoms with E-state index in [0.29, 0.717) is 46.8 Å². The van der Waals surface area contributed by atoms with Gasteiger partial charge in [-0.05, 0) is 77.2 Å². The first-order valence-corrected chi connectivity index (χ1v) is 20.8. The number of ether oxygens (including phenoxy) is 2. The molecule has 2 amide bonds. The van der Waals surface area contributed by atoms with Crippen LogP contribution >= 0.6 is 0 Å². The van der Waals surface area contributed by atoms with Crippen LogP contribution in [0.4, 0.5) is 8.78 Å². The molecule has 4 aromatic carbocycles. The van der Waals surface area contributed by atoms with E-state index in [2.05, 4.69) is 36.3 Å². The van der Waals surface area contributed by atoms with Gasteiger partial charge in [-0.2, -0.15) is 0 Å². The zero-order chi connectivity index (χ0) is 36.5. The van der Waals surface area contributed by atoms with Crippen LogP contribution in [0.2, 0.25) is 19.6 Å². The number of hydrogen-bond donors (Lipinski definition) is 0. The molecule has 0 saturated carbocycles. The molecule has 0 aliphatic carbocycles. The van der Waals surface area contributed by atoms with Crippen LogP contribution in [-0.2, 0) is 13.0 Å². The average Bonchev–Trinajstić information content (AvgIpc) is 3.57. The van der Waals surface area contributed by atoms with E-state index in [1.807, 2.05) is 36.4 Å². The van der Waals surface area contributed by atoms with Crippen molar-refractivity contribution in [2.45, 2.75) is 38.5 Å². The molecule has 4 heterocycles. The van der Waals surface area contributed by atoms with Crippen LogP contribution in [0, 0.1) is 11.6 Å². The molecule has 2 aliphatic rings. The molecule has 10 heteroatoms. The number of carbonyl (C=O) groups excluding carboxylic acids is 2. The smallest absolute Gasteiger partial charge is 0.261 e. The molecule has 0 saturated heterocycles. The van der Waals surface area contributed by atoms with Gasteiger partial charge in [0.2, 0.25) is 0 Å². The minimum Gasteiger partial charge on any atom is -0.493 e. The first-order chi connectivity index (χ1) is 25.0. The fourth-order valence-electron chi connectivity index (χ4n) is 7.97. The highest BCUT2D eigenvalue weighted by Gasteiger charge is 2.40. The van der Waals surface area contributed by atoms with Crippen molar-refractivity contribution in [1.82, 2.24) is 14.5 Å². The molecule has 0 N–H and O–H groups in total. The zero-order valence-electron chi connectivity index (χ0n) is 29.6. The lowest BCUT2D eigenvalue weighted by atomic mass is 9.81. The minimum atomic E-state index is -2.25. The summed E-state index contributed by atoms with van der Waals surface area (Å²) >= 11 is 0. The summed E-state index contributed by atoms with van der Waals surface area (Å²) in [6.07, 6.45) is 0.434. The number of benzene rings is 4. The maximum absolute atomic E-state index is 14.6. The highest BCUT2D eigenvalue weighted by atomic mass is 28.3. The SMILES string of the molecule is COc1ccc(C2c3c(cc(-c4cc(F)cc(F)c4)nc3[Si](C)(C)C)Cn3c2c(CCN2C(=O)c4ccccc4C2=O)c2ccccc23)cc1OC. The lowest BCUT2D eigenvalue weighted by Gasteiger charge is -2.35. The van der Waals surface area contributed by atoms with Crippen molar-refractivity contribution in [3.63, 3.8) is 0 Å². The summed E-state index contributed by atoms with van der Waals surface area (Å²) in [5.74, 6) is -1.04. The van der Waals surface area contributed by atoms with Gasteiger partial charge in [0.1, 0.15) is 19.7 Å². The first-order valence-electron chi connectivity index (χ1n) is 17.3. The Labute approximate surface area is 301 Å². The topological polar surface area (TPSA) is 73.7 Å². The van der Waals surface area contributed by atoms with E-state index in [-0.39, 0.29) is 24.3 Å². The number of para-hydroxylation sites is 1. The van der Waals surface area contributed by atoms with Gasteiger partial charge in [-0.25, -0.2) is 8.78 Å². The molecule has 52 heavy (non-hydrogen) atoms. The highest BCUT2D eigenvalue weighted by Crippen LogP contribution is 2.46. The number of hydrogen-bond acceptors (Lipinski definition) is 5. The van der Waals surface area contributed by atoms with Gasteiger partial charge >= 0.3 is 0 Å². The Bertz CT molecular complexity index is 2400. The Balaban J connectivity index is 1.37. The van der Waals surface area contributed by atoms with E-state index >= 15 is 0 Å². The van der Waals surface area contributed by atoms with Crippen molar-refractivity contribution in [2.75, 3.05) is 20.8 Å². The second kappa shape index (κ2) is 12.6. The fourth-order valence-corrected chi connectivity index (χ4v) is 9.54. The Morgan fingerprint density at radius 3 is 2.12 bits per heavy atom. The van der Waals surface area contributed by atoms with Crippen molar-refractivity contribution in [3.05, 3.63) is 142 Å². The predicted octanol–water partition coefficient (Wildman–Crippen LogP) is 7.92. The molecular formula is C42H37F2N3O4Si. The van der Waals surface area contributed by atoms with Crippen molar-refractivity contribution in [2.24, 2.45) is 0 Å². The quantitative estimate of drug-likeness (QED) is 0.118. The number of amides is 2. The largest absolute Gasteiger partial charge is 0.493 e. The van der Waals surface area contributed by atoms with Crippen LogP contribution in [0.1, 0.15) is 54.6 Å². The molecule has 0 fully saturated rings. The zero-order valence-corrected chi connectivity index (χ0v) is 30.6. The monoisotopic (exact) mass is 713 g/mol. The number of methoxy groups -OCH3 is 2. The summed E-state index contributed by atoms with van der Waals surface area (Å²) in [7, 11) is 0.964. The Hall–Kier alpha value is -5.61. The Kier molecular flexibility index (Phi) is 8.10. The summed E-state index contributed by atoms with van der Waals surface area (Å²) in [6.45, 7) is 7.38. The average molecular weight is 714 g/mol. The second-order valence-corrected chi connectivity index (χ2v) is 19.4. The Morgan fingerprint density at radius 2 is 1.46 bits per heavy atom. The van der Waals surface area contributed by atoms with Crippen LogP contribution in [0.5, 0.6) is 11.5 Å². The van der Waals surface area contributed by atoms with Gasteiger partial charge in [-0.3, -0.25) is 19.5 Å². The van der Waals surface area contributed by atoms with E-state index in [9.17, 15) is 18.4 Å². The van der Waals surface area contributed by atoms with Gasteiger partial charge in [-0.15, -0.1) is 0 Å². The summed E-state index contributed by atoms with van der Waals surface area (Å²) < 4.78 is 42.9. The molecule has 1 unspecified atom stereocenters. The third-order valence-corrected chi connectivity index (χ3v) is 12.0. The maximum Gasteiger partial charge on any atom is 0.261 e. The van der Waals surface area contributed by atoms with E-state index in [1.165, 1.54) is 17.0 Å². The van der Waals surface area contributed by atoms with E-state index in [0.717, 1.165) is 50.2 Å². The molecule has 7 nitrogen and oxygen atoms in total. The van der Waals surface area contributed by atoms with Crippen LogP contribution in [0.25, 0.3) is 22.2 Å². The lowest BCUT2D eigenvalue weighted by Crippen LogP contribution is -2.45. The summed E-state index contributed by atoms with van der Waals surface area (Å²) in [6, 6.07) is 26.6. The summed E-state index contributed by atoms with van der Waals surface area (Å²) in [5.41, 5.74) is 7.86.